The molecule has 0 bridgehead atoms. The number of sulfone groups is 1. The van der Waals surface area contributed by atoms with Gasteiger partial charge in [0.25, 0.3) is 5.91 Å². The Bertz CT molecular complexity index is 1730. The summed E-state index contributed by atoms with van der Waals surface area (Å²) in [7, 11) is -3.58. The summed E-state index contributed by atoms with van der Waals surface area (Å²) in [6.45, 7) is 9.47. The molecule has 1 saturated heterocycles. The minimum absolute atomic E-state index is 0.0638. The Balaban J connectivity index is 1.35. The average Bonchev–Trinajstić information content (AvgIpc) is 3.31. The van der Waals surface area contributed by atoms with E-state index in [1.807, 2.05) is 24.8 Å². The molecule has 0 atom stereocenters. The number of carbonyl (C=O) groups excluding carboxylic acids is 2. The van der Waals surface area contributed by atoms with Gasteiger partial charge in [0.05, 0.1) is 33.8 Å². The number of benzene rings is 2. The largest absolute Gasteiger partial charge is 0.489 e. The molecule has 4 N–H and O–H groups in total. The van der Waals surface area contributed by atoms with Crippen molar-refractivity contribution in [1.29, 1.82) is 0 Å². The summed E-state index contributed by atoms with van der Waals surface area (Å²) in [6.07, 6.45) is 3.87. The number of hydrogen-bond acceptors (Lipinski definition) is 9. The molecule has 3 amide bonds. The second-order valence-corrected chi connectivity index (χ2v) is 15.1. The van der Waals surface area contributed by atoms with E-state index in [2.05, 4.69) is 20.6 Å². The smallest absolute Gasteiger partial charge is 0.314 e. The number of nitrogens with two attached hydrogens (primary N) is 1. The number of hydrogen-bond donors (Lipinski definition) is 3. The van der Waals surface area contributed by atoms with E-state index in [0.717, 1.165) is 24.8 Å². The lowest BCUT2D eigenvalue weighted by Gasteiger charge is -2.31. The van der Waals surface area contributed by atoms with Crippen LogP contribution in [0, 0.1) is 5.92 Å². The molecule has 1 fully saturated rings. The molecular formula is C32H40ClN7O5S. The van der Waals surface area contributed by atoms with Crippen LogP contribution < -0.4 is 21.1 Å². The summed E-state index contributed by atoms with van der Waals surface area (Å²) in [6, 6.07) is 9.83. The van der Waals surface area contributed by atoms with Crippen molar-refractivity contribution < 1.29 is 22.7 Å². The monoisotopic (exact) mass is 669 g/mol. The fourth-order valence-electron chi connectivity index (χ4n) is 5.64. The first-order valence-corrected chi connectivity index (χ1v) is 17.3. The van der Waals surface area contributed by atoms with Crippen molar-refractivity contribution in [3.05, 3.63) is 58.7 Å². The zero-order valence-corrected chi connectivity index (χ0v) is 28.0. The molecule has 46 heavy (non-hydrogen) atoms. The van der Waals surface area contributed by atoms with Gasteiger partial charge in [-0.1, -0.05) is 23.7 Å². The molecule has 0 radical (unpaired) electrons. The van der Waals surface area contributed by atoms with E-state index in [1.54, 1.807) is 49.1 Å². The van der Waals surface area contributed by atoms with Crippen molar-refractivity contribution in [2.75, 3.05) is 30.3 Å². The molecule has 1 aromatic heterocycles. The van der Waals surface area contributed by atoms with E-state index < -0.39 is 15.1 Å². The number of carbonyl (C=O) groups is 2. The molecule has 246 valence electrons. The Morgan fingerprint density at radius 1 is 1.11 bits per heavy atom. The number of rotatable bonds is 11. The highest BCUT2D eigenvalue weighted by Gasteiger charge is 2.31. The third kappa shape index (κ3) is 7.31. The fraction of sp³-hybridized carbons (Fsp3) is 0.438. The summed E-state index contributed by atoms with van der Waals surface area (Å²) in [4.78, 5) is 37.4. The van der Waals surface area contributed by atoms with Crippen LogP contribution in [-0.2, 0) is 16.4 Å². The van der Waals surface area contributed by atoms with Crippen molar-refractivity contribution in [3.63, 3.8) is 0 Å². The molecule has 0 saturated carbocycles. The van der Waals surface area contributed by atoms with Gasteiger partial charge in [0, 0.05) is 31.7 Å². The summed E-state index contributed by atoms with van der Waals surface area (Å²) in [5.74, 6) is 1.29. The Morgan fingerprint density at radius 3 is 2.50 bits per heavy atom. The quantitative estimate of drug-likeness (QED) is 0.232. The van der Waals surface area contributed by atoms with Gasteiger partial charge in [-0.05, 0) is 82.7 Å². The van der Waals surface area contributed by atoms with E-state index in [9.17, 15) is 18.0 Å². The van der Waals surface area contributed by atoms with Gasteiger partial charge in [-0.25, -0.2) is 18.2 Å². The van der Waals surface area contributed by atoms with Crippen LogP contribution in [0.4, 0.5) is 27.9 Å². The molecule has 12 nitrogen and oxygen atoms in total. The fourth-order valence-corrected chi connectivity index (χ4v) is 6.98. The van der Waals surface area contributed by atoms with Gasteiger partial charge in [0.1, 0.15) is 10.8 Å². The maximum absolute atomic E-state index is 13.5. The molecule has 3 aromatic rings. The highest BCUT2D eigenvalue weighted by molar-refractivity contribution is 7.92. The van der Waals surface area contributed by atoms with Crippen LogP contribution in [0.1, 0.15) is 62.9 Å². The minimum Gasteiger partial charge on any atom is -0.489 e. The highest BCUT2D eigenvalue weighted by atomic mass is 35.5. The van der Waals surface area contributed by atoms with Gasteiger partial charge in [-0.2, -0.15) is 4.98 Å². The third-order valence-corrected chi connectivity index (χ3v) is 10.7. The lowest BCUT2D eigenvalue weighted by atomic mass is 9.93. The van der Waals surface area contributed by atoms with Crippen LogP contribution in [0.5, 0.6) is 5.75 Å². The summed E-state index contributed by atoms with van der Waals surface area (Å²) >= 11 is 6.43. The molecule has 0 unspecified atom stereocenters. The van der Waals surface area contributed by atoms with E-state index in [1.165, 1.54) is 6.20 Å². The summed E-state index contributed by atoms with van der Waals surface area (Å²) < 4.78 is 32.1. The first kappa shape index (κ1) is 33.3. The zero-order chi connectivity index (χ0) is 33.2. The Labute approximate surface area is 274 Å². The highest BCUT2D eigenvalue weighted by Crippen LogP contribution is 2.37. The average molecular weight is 670 g/mol. The standard InChI is InChI=1S/C32H40ClN7O5S/c1-19(2)45-27-15-22-18-40(14-11-21-9-12-39(13-10-21)31(34)42)30(41)23(22)16-26(27)37-32-35-17-24(33)29(38-32)36-25-7-5-6-8-28(25)46(43,44)20(3)4/h5-8,15-17,19-21H,9-14,18H2,1-4H3,(H2,34,42)(H2,35,36,37,38). The molecule has 0 aliphatic carbocycles. The van der Waals surface area contributed by atoms with Gasteiger partial charge in [-0.3, -0.25) is 4.79 Å². The SMILES string of the molecule is CC(C)Oc1cc2c(cc1Nc1ncc(Cl)c(Nc3ccccc3S(=O)(=O)C(C)C)n1)C(=O)N(CCC1CCN(C(N)=O)CC1)C2. The lowest BCUT2D eigenvalue weighted by Crippen LogP contribution is -2.42. The number of piperidine rings is 1. The second kappa shape index (κ2) is 13.7. The van der Waals surface area contributed by atoms with E-state index >= 15 is 0 Å². The Kier molecular flexibility index (Phi) is 9.92. The number of aromatic nitrogens is 2. The van der Waals surface area contributed by atoms with Crippen molar-refractivity contribution in [2.45, 2.75) is 69.8 Å². The van der Waals surface area contributed by atoms with Gasteiger partial charge in [-0.15, -0.1) is 0 Å². The van der Waals surface area contributed by atoms with Crippen molar-refractivity contribution in [2.24, 2.45) is 11.7 Å². The third-order valence-electron chi connectivity index (χ3n) is 8.24. The van der Waals surface area contributed by atoms with Gasteiger partial charge >= 0.3 is 6.03 Å². The molecule has 14 heteroatoms. The van der Waals surface area contributed by atoms with Crippen LogP contribution in [0.25, 0.3) is 0 Å². The van der Waals surface area contributed by atoms with E-state index in [-0.39, 0.29) is 39.7 Å². The number of urea groups is 1. The van der Waals surface area contributed by atoms with Crippen LogP contribution in [-0.4, -0.2) is 71.1 Å². The maximum Gasteiger partial charge on any atom is 0.314 e. The number of halogens is 1. The number of amides is 3. The molecule has 2 aliphatic rings. The number of fused-ring (bicyclic) bond motifs is 1. The van der Waals surface area contributed by atoms with E-state index in [4.69, 9.17) is 22.1 Å². The van der Waals surface area contributed by atoms with Gasteiger partial charge in [0.2, 0.25) is 5.95 Å². The van der Waals surface area contributed by atoms with Crippen LogP contribution >= 0.6 is 11.6 Å². The normalized spacial score (nSPS) is 15.4. The molecule has 2 aromatic carbocycles. The minimum atomic E-state index is -3.58. The van der Waals surface area contributed by atoms with Crippen molar-refractivity contribution in [3.8, 4) is 5.75 Å². The Hall–Kier alpha value is -4.10. The van der Waals surface area contributed by atoms with Gasteiger partial charge in [0.15, 0.2) is 15.7 Å². The predicted octanol–water partition coefficient (Wildman–Crippen LogP) is 5.72. The van der Waals surface area contributed by atoms with Crippen molar-refractivity contribution >= 4 is 56.5 Å². The zero-order valence-electron chi connectivity index (χ0n) is 26.4. The maximum atomic E-state index is 13.5. The number of nitrogens with zero attached hydrogens (tertiary/aromatic N) is 4. The molecule has 3 heterocycles. The number of likely N-dealkylation sites (tertiary alicyclic amines) is 1. The molecular weight excluding hydrogens is 630 g/mol. The molecule has 5 rings (SSSR count). The van der Waals surface area contributed by atoms with Crippen molar-refractivity contribution in [1.82, 2.24) is 19.8 Å². The number of para-hydroxylation sites is 1. The van der Waals surface area contributed by atoms with Crippen LogP contribution in [0.2, 0.25) is 5.02 Å². The predicted molar refractivity (Wildman–Crippen MR) is 178 cm³/mol. The Morgan fingerprint density at radius 2 is 1.83 bits per heavy atom. The summed E-state index contributed by atoms with van der Waals surface area (Å²) in [5, 5.41) is 5.82. The van der Waals surface area contributed by atoms with E-state index in [0.29, 0.717) is 54.8 Å². The van der Waals surface area contributed by atoms with Crippen LogP contribution in [0.3, 0.4) is 0 Å². The molecule has 2 aliphatic heterocycles. The van der Waals surface area contributed by atoms with Crippen LogP contribution in [0.15, 0.2) is 47.5 Å². The lowest BCUT2D eigenvalue weighted by molar-refractivity contribution is 0.0762. The van der Waals surface area contributed by atoms with Gasteiger partial charge < -0.3 is 30.9 Å². The second-order valence-electron chi connectivity index (χ2n) is 12.2. The molecule has 0 spiro atoms. The number of primary amides is 1. The number of anilines is 4. The number of ether oxygens (including phenoxy) is 1. The first-order chi connectivity index (χ1) is 21.8. The summed E-state index contributed by atoms with van der Waals surface area (Å²) in [5.41, 5.74) is 7.71. The number of nitrogens with one attached hydrogen (secondary N) is 2. The first-order valence-electron chi connectivity index (χ1n) is 15.4. The topological polar surface area (TPSA) is 160 Å².